The van der Waals surface area contributed by atoms with Gasteiger partial charge in [-0.15, -0.1) is 0 Å². The first kappa shape index (κ1) is 10.0. The summed E-state index contributed by atoms with van der Waals surface area (Å²) in [6.45, 7) is 1.28. The van der Waals surface area contributed by atoms with Crippen molar-refractivity contribution in [3.05, 3.63) is 0 Å². The minimum Gasteiger partial charge on any atom is -0.274 e. The Labute approximate surface area is 64.0 Å². The zero-order valence-electron chi connectivity index (χ0n) is 4.36. The zero-order valence-corrected chi connectivity index (χ0v) is 6.36. The summed E-state index contributed by atoms with van der Waals surface area (Å²) >= 11 is 0. The van der Waals surface area contributed by atoms with E-state index in [1.807, 2.05) is 5.32 Å². The van der Waals surface area contributed by atoms with Crippen molar-refractivity contribution in [2.45, 2.75) is 6.92 Å². The van der Waals surface area contributed by atoms with Crippen LogP contribution in [0.1, 0.15) is 6.92 Å². The number of nitrogens with zero attached hydrogens (tertiary/aromatic N) is 1. The standard InChI is InChI=1S/C3H4N2O.Na/c1-3(6)5-2-4;/h1H3,(H,5,6);. The van der Waals surface area contributed by atoms with E-state index in [-0.39, 0.29) is 35.5 Å². The molecule has 1 amide bonds. The molecular formula is C3H4N2NaO. The summed E-state index contributed by atoms with van der Waals surface area (Å²) < 4.78 is 0. The maximum Gasteiger partial charge on any atom is 0.229 e. The summed E-state index contributed by atoms with van der Waals surface area (Å²) in [6.07, 6.45) is 1.47. The van der Waals surface area contributed by atoms with E-state index in [0.29, 0.717) is 0 Å². The third-order valence-electron chi connectivity index (χ3n) is 0.232. The molecule has 0 aromatic heterocycles. The molecule has 33 valence electrons. The Bertz CT molecular complexity index is 95.6. The van der Waals surface area contributed by atoms with Crippen molar-refractivity contribution in [1.29, 1.82) is 5.26 Å². The molecule has 0 heterocycles. The zero-order chi connectivity index (χ0) is 4.99. The van der Waals surface area contributed by atoms with Crippen molar-refractivity contribution in [2.24, 2.45) is 0 Å². The number of hydrogen-bond acceptors (Lipinski definition) is 2. The van der Waals surface area contributed by atoms with Crippen LogP contribution in [-0.2, 0) is 4.79 Å². The normalized spacial score (nSPS) is 5.14. The van der Waals surface area contributed by atoms with E-state index in [9.17, 15) is 4.79 Å². The van der Waals surface area contributed by atoms with Gasteiger partial charge in [0.25, 0.3) is 0 Å². The molecule has 0 aromatic carbocycles. The maximum absolute atomic E-state index is 9.71. The van der Waals surface area contributed by atoms with E-state index in [4.69, 9.17) is 5.26 Å². The monoisotopic (exact) mass is 107 g/mol. The number of amides is 1. The van der Waals surface area contributed by atoms with Crippen LogP contribution >= 0.6 is 0 Å². The Kier molecular flexibility index (Phi) is 8.56. The van der Waals surface area contributed by atoms with Crippen LogP contribution in [-0.4, -0.2) is 35.5 Å². The van der Waals surface area contributed by atoms with Gasteiger partial charge < -0.3 is 0 Å². The summed E-state index contributed by atoms with van der Waals surface area (Å²) in [5.41, 5.74) is 0. The Morgan fingerprint density at radius 3 is 2.29 bits per heavy atom. The van der Waals surface area contributed by atoms with Gasteiger partial charge in [0.1, 0.15) is 0 Å². The molecule has 3 nitrogen and oxygen atoms in total. The smallest absolute Gasteiger partial charge is 0.229 e. The summed E-state index contributed by atoms with van der Waals surface area (Å²) in [6, 6.07) is 0. The van der Waals surface area contributed by atoms with Gasteiger partial charge in [0.2, 0.25) is 5.91 Å². The molecule has 7 heavy (non-hydrogen) atoms. The minimum absolute atomic E-state index is 0. The fourth-order valence-corrected chi connectivity index (χ4v) is 0.0787. The Morgan fingerprint density at radius 2 is 2.29 bits per heavy atom. The van der Waals surface area contributed by atoms with E-state index in [0.717, 1.165) is 0 Å². The second-order valence-corrected chi connectivity index (χ2v) is 0.793. The van der Waals surface area contributed by atoms with E-state index < -0.39 is 0 Å². The van der Waals surface area contributed by atoms with Gasteiger partial charge >= 0.3 is 0 Å². The number of carbonyl (C=O) groups excluding carboxylic acids is 1. The van der Waals surface area contributed by atoms with E-state index in [1.54, 1.807) is 0 Å². The van der Waals surface area contributed by atoms with Crippen LogP contribution in [0.2, 0.25) is 0 Å². The molecule has 0 fully saturated rings. The van der Waals surface area contributed by atoms with Crippen LogP contribution in [0.15, 0.2) is 0 Å². The number of nitrogens with one attached hydrogen (secondary N) is 1. The molecular weight excluding hydrogens is 103 g/mol. The summed E-state index contributed by atoms with van der Waals surface area (Å²) in [5, 5.41) is 9.53. The molecule has 4 heteroatoms. The predicted molar refractivity (Wildman–Crippen MR) is 25.2 cm³/mol. The second-order valence-electron chi connectivity index (χ2n) is 0.793. The molecule has 0 saturated carbocycles. The van der Waals surface area contributed by atoms with E-state index >= 15 is 0 Å². The molecule has 0 bridgehead atoms. The molecule has 0 saturated heterocycles. The molecule has 0 aliphatic carbocycles. The second kappa shape index (κ2) is 5.96. The van der Waals surface area contributed by atoms with Gasteiger partial charge in [-0.3, -0.25) is 10.1 Å². The van der Waals surface area contributed by atoms with Crippen LogP contribution in [0.3, 0.4) is 0 Å². The van der Waals surface area contributed by atoms with Gasteiger partial charge in [-0.05, 0) is 0 Å². The van der Waals surface area contributed by atoms with Gasteiger partial charge in [0.15, 0.2) is 6.19 Å². The summed E-state index contributed by atoms with van der Waals surface area (Å²) in [4.78, 5) is 9.71. The van der Waals surface area contributed by atoms with Crippen molar-refractivity contribution < 1.29 is 4.79 Å². The first-order valence-electron chi connectivity index (χ1n) is 1.43. The number of rotatable bonds is 0. The number of carbonyl (C=O) groups is 1. The predicted octanol–water partition coefficient (Wildman–Crippen LogP) is -0.777. The van der Waals surface area contributed by atoms with Crippen LogP contribution in [0.4, 0.5) is 0 Å². The number of hydrogen-bond donors (Lipinski definition) is 1. The molecule has 1 N–H and O–H groups in total. The van der Waals surface area contributed by atoms with Gasteiger partial charge in [-0.1, -0.05) is 0 Å². The minimum atomic E-state index is -0.322. The fraction of sp³-hybridized carbons (Fsp3) is 0.333. The van der Waals surface area contributed by atoms with Crippen LogP contribution in [0, 0.1) is 11.5 Å². The molecule has 1 radical (unpaired) electrons. The summed E-state index contributed by atoms with van der Waals surface area (Å²) in [7, 11) is 0. The van der Waals surface area contributed by atoms with E-state index in [2.05, 4.69) is 0 Å². The third-order valence-corrected chi connectivity index (χ3v) is 0.232. The van der Waals surface area contributed by atoms with E-state index in [1.165, 1.54) is 13.1 Å². The van der Waals surface area contributed by atoms with Crippen molar-refractivity contribution in [2.75, 3.05) is 0 Å². The largest absolute Gasteiger partial charge is 0.274 e. The fourth-order valence-electron chi connectivity index (χ4n) is 0.0787. The van der Waals surface area contributed by atoms with Crippen molar-refractivity contribution in [3.8, 4) is 6.19 Å². The number of nitriles is 1. The van der Waals surface area contributed by atoms with Gasteiger partial charge in [-0.2, -0.15) is 5.26 Å². The van der Waals surface area contributed by atoms with Crippen molar-refractivity contribution in [1.82, 2.24) is 5.32 Å². The Morgan fingerprint density at radius 1 is 1.86 bits per heavy atom. The molecule has 0 rings (SSSR count). The first-order valence-corrected chi connectivity index (χ1v) is 1.43. The molecule has 0 atom stereocenters. The molecule has 0 aliphatic rings. The van der Waals surface area contributed by atoms with Crippen LogP contribution < -0.4 is 5.32 Å². The average molecular weight is 107 g/mol. The van der Waals surface area contributed by atoms with Gasteiger partial charge in [-0.25, -0.2) is 0 Å². The topological polar surface area (TPSA) is 52.9 Å². The quantitative estimate of drug-likeness (QED) is 0.251. The average Bonchev–Trinajstić information content (AvgIpc) is 1.35. The van der Waals surface area contributed by atoms with Crippen LogP contribution in [0.5, 0.6) is 0 Å². The third kappa shape index (κ3) is 10.7. The SMILES string of the molecule is CC(=O)NC#N.[Na]. The molecule has 0 aromatic rings. The Hall–Kier alpha value is -0.0400. The summed E-state index contributed by atoms with van der Waals surface area (Å²) in [5.74, 6) is -0.322. The first-order chi connectivity index (χ1) is 2.77. The molecule has 0 aliphatic heterocycles. The van der Waals surface area contributed by atoms with Gasteiger partial charge in [0.05, 0.1) is 0 Å². The Balaban J connectivity index is 0. The molecule has 0 spiro atoms. The van der Waals surface area contributed by atoms with Crippen molar-refractivity contribution in [3.63, 3.8) is 0 Å². The molecule has 0 unspecified atom stereocenters. The maximum atomic E-state index is 9.71. The van der Waals surface area contributed by atoms with Crippen molar-refractivity contribution >= 4 is 35.5 Å². The van der Waals surface area contributed by atoms with Crippen LogP contribution in [0.25, 0.3) is 0 Å². The van der Waals surface area contributed by atoms with Gasteiger partial charge in [0, 0.05) is 36.5 Å².